The first-order valence-corrected chi connectivity index (χ1v) is 19.6. The Kier molecular flexibility index (Phi) is 12.0. The maximum absolute atomic E-state index is 14.3. The lowest BCUT2D eigenvalue weighted by Crippen LogP contribution is -2.11. The third-order valence-electron chi connectivity index (χ3n) is 9.89. The van der Waals surface area contributed by atoms with E-state index in [2.05, 4.69) is 15.6 Å². The molecule has 63 heavy (non-hydrogen) atoms. The minimum absolute atomic E-state index is 0.0333. The minimum atomic E-state index is -4.71. The molecule has 0 radical (unpaired) electrons. The van der Waals surface area contributed by atoms with Crippen LogP contribution in [-0.4, -0.2) is 19.1 Å². The largest absolute Gasteiger partial charge is 0.488 e. The van der Waals surface area contributed by atoms with E-state index < -0.39 is 40.1 Å². The number of nitrogens with zero attached hydrogens (tertiary/aromatic N) is 4. The second-order valence-corrected chi connectivity index (χ2v) is 14.7. The van der Waals surface area contributed by atoms with Crippen molar-refractivity contribution >= 4 is 23.5 Å². The van der Waals surface area contributed by atoms with Gasteiger partial charge < -0.3 is 15.4 Å². The summed E-state index contributed by atoms with van der Waals surface area (Å²) in [5.74, 6) is -0.747. The zero-order valence-electron chi connectivity index (χ0n) is 32.7. The lowest BCUT2D eigenvalue weighted by Gasteiger charge is -2.16. The number of benzene rings is 6. The number of imidazole rings is 2. The molecule has 0 atom stereocenters. The Balaban J connectivity index is 0.998. The van der Waals surface area contributed by atoms with Crippen molar-refractivity contribution in [1.82, 2.24) is 19.1 Å². The normalized spacial score (nSPS) is 11.8. The van der Waals surface area contributed by atoms with Gasteiger partial charge in [0.25, 0.3) is 0 Å². The highest BCUT2D eigenvalue weighted by molar-refractivity contribution is 6.31. The Morgan fingerprint density at radius 3 is 1.52 bits per heavy atom. The van der Waals surface area contributed by atoms with Crippen LogP contribution in [0.2, 0.25) is 5.02 Å². The molecule has 0 aliphatic rings. The van der Waals surface area contributed by atoms with Crippen LogP contribution >= 0.6 is 11.6 Å². The van der Waals surface area contributed by atoms with Crippen LogP contribution in [0.3, 0.4) is 0 Å². The van der Waals surface area contributed by atoms with E-state index in [1.165, 1.54) is 54.6 Å². The van der Waals surface area contributed by atoms with Crippen molar-refractivity contribution in [1.29, 1.82) is 0 Å². The smallest absolute Gasteiger partial charge is 0.419 e. The molecule has 0 bridgehead atoms. The third kappa shape index (κ3) is 10.00. The highest BCUT2D eigenvalue weighted by Crippen LogP contribution is 2.38. The van der Waals surface area contributed by atoms with E-state index >= 15 is 0 Å². The molecule has 0 spiro atoms. The minimum Gasteiger partial charge on any atom is -0.488 e. The van der Waals surface area contributed by atoms with Crippen molar-refractivity contribution in [3.8, 4) is 39.6 Å². The number of halogens is 9. The van der Waals surface area contributed by atoms with Crippen LogP contribution in [0.25, 0.3) is 33.9 Å². The number of ether oxygens (including phenoxy) is 1. The monoisotopic (exact) mass is 884 g/mol. The predicted octanol–water partition coefficient (Wildman–Crippen LogP) is 13.2. The predicted molar refractivity (Wildman–Crippen MR) is 225 cm³/mol. The highest BCUT2D eigenvalue weighted by Gasteiger charge is 2.35. The topological polar surface area (TPSA) is 68.9 Å². The van der Waals surface area contributed by atoms with Crippen LogP contribution in [0.1, 0.15) is 27.8 Å². The molecule has 0 saturated carbocycles. The Bertz CT molecular complexity index is 2880. The van der Waals surface area contributed by atoms with Gasteiger partial charge in [-0.2, -0.15) is 26.3 Å². The molecule has 0 unspecified atom stereocenters. The van der Waals surface area contributed by atoms with Gasteiger partial charge in [0.15, 0.2) is 0 Å². The summed E-state index contributed by atoms with van der Waals surface area (Å²) in [7, 11) is 0. The van der Waals surface area contributed by atoms with E-state index in [1.54, 1.807) is 64.0 Å². The molecule has 0 saturated heterocycles. The zero-order valence-corrected chi connectivity index (χ0v) is 33.4. The molecule has 8 aromatic rings. The van der Waals surface area contributed by atoms with Crippen LogP contribution in [0.5, 0.6) is 5.75 Å². The van der Waals surface area contributed by atoms with Gasteiger partial charge in [-0.3, -0.25) is 9.13 Å². The average Bonchev–Trinajstić information content (AvgIpc) is 3.89. The summed E-state index contributed by atoms with van der Waals surface area (Å²) in [6, 6.07) is 34.7. The molecule has 8 rings (SSSR count). The van der Waals surface area contributed by atoms with Crippen LogP contribution < -0.4 is 15.4 Å². The second-order valence-electron chi connectivity index (χ2n) is 14.3. The van der Waals surface area contributed by atoms with E-state index in [0.29, 0.717) is 51.0 Å². The van der Waals surface area contributed by atoms with Crippen LogP contribution in [-0.2, 0) is 32.0 Å². The first-order valence-electron chi connectivity index (χ1n) is 19.2. The number of rotatable bonds is 13. The molecule has 0 fully saturated rings. The van der Waals surface area contributed by atoms with E-state index in [1.807, 2.05) is 30.3 Å². The van der Waals surface area contributed by atoms with Gasteiger partial charge in [-0.25, -0.2) is 18.7 Å². The quantitative estimate of drug-likeness (QED) is 0.113. The maximum atomic E-state index is 14.3. The van der Waals surface area contributed by atoms with Crippen molar-refractivity contribution in [2.45, 2.75) is 32.0 Å². The number of aromatic nitrogens is 4. The standard InChI is InChI=1S/C47H33ClF8N6O/c48-40-20-30(14-18-38(40)46(51,52)53)24-57-44-60-42(27-62(44)37-11-5-9-35(50)23-37)33-16-12-29(13-17-33)28-63-43-21-31(15-19-39(43)47(54,55)56)25-58-45-59-41(32-6-2-1-3-7-32)26-61(45)36-10-4-8-34(49)22-36/h1-23,26-27H,24-25,28H2,(H,57,60)(H,58,59). The van der Waals surface area contributed by atoms with Crippen LogP contribution in [0, 0.1) is 11.6 Å². The highest BCUT2D eigenvalue weighted by atomic mass is 35.5. The average molecular weight is 885 g/mol. The molecular formula is C47H33ClF8N6O. The van der Waals surface area contributed by atoms with Crippen molar-refractivity contribution in [3.05, 3.63) is 196 Å². The lowest BCUT2D eigenvalue weighted by molar-refractivity contribution is -0.139. The molecule has 0 aliphatic heterocycles. The molecule has 2 heterocycles. The summed E-state index contributed by atoms with van der Waals surface area (Å²) in [5, 5.41) is 5.81. The van der Waals surface area contributed by atoms with Crippen LogP contribution in [0.4, 0.5) is 47.0 Å². The van der Waals surface area contributed by atoms with Crippen molar-refractivity contribution in [2.75, 3.05) is 10.6 Å². The van der Waals surface area contributed by atoms with E-state index in [-0.39, 0.29) is 31.4 Å². The van der Waals surface area contributed by atoms with Gasteiger partial charge in [-0.05, 0) is 77.4 Å². The summed E-state index contributed by atoms with van der Waals surface area (Å²) in [5.41, 5.74) is 2.89. The molecule has 2 aromatic heterocycles. The zero-order chi connectivity index (χ0) is 44.3. The molecular weight excluding hydrogens is 852 g/mol. The molecule has 7 nitrogen and oxygen atoms in total. The fourth-order valence-corrected chi connectivity index (χ4v) is 7.08. The Morgan fingerprint density at radius 1 is 0.524 bits per heavy atom. The van der Waals surface area contributed by atoms with Crippen molar-refractivity contribution in [3.63, 3.8) is 0 Å². The number of anilines is 2. The first-order chi connectivity index (χ1) is 30.2. The number of alkyl halides is 6. The second kappa shape index (κ2) is 17.7. The van der Waals surface area contributed by atoms with E-state index in [9.17, 15) is 35.1 Å². The summed E-state index contributed by atoms with van der Waals surface area (Å²) in [4.78, 5) is 9.37. The summed E-state index contributed by atoms with van der Waals surface area (Å²) in [6.45, 7) is -0.128. The van der Waals surface area contributed by atoms with Crippen molar-refractivity contribution in [2.24, 2.45) is 0 Å². The fraction of sp³-hybridized carbons (Fsp3) is 0.106. The van der Waals surface area contributed by atoms with Gasteiger partial charge in [0.1, 0.15) is 24.0 Å². The van der Waals surface area contributed by atoms with E-state index in [0.717, 1.165) is 17.7 Å². The fourth-order valence-electron chi connectivity index (χ4n) is 6.77. The van der Waals surface area contributed by atoms with Gasteiger partial charge in [-0.15, -0.1) is 0 Å². The van der Waals surface area contributed by atoms with Gasteiger partial charge in [0.2, 0.25) is 11.9 Å². The Labute approximate surface area is 360 Å². The molecule has 320 valence electrons. The summed E-state index contributed by atoms with van der Waals surface area (Å²) in [6.07, 6.45) is -5.94. The van der Waals surface area contributed by atoms with Gasteiger partial charge >= 0.3 is 12.4 Å². The van der Waals surface area contributed by atoms with E-state index in [4.69, 9.17) is 21.3 Å². The summed E-state index contributed by atoms with van der Waals surface area (Å²) >= 11 is 5.92. The first kappa shape index (κ1) is 42.6. The third-order valence-corrected chi connectivity index (χ3v) is 10.2. The summed E-state index contributed by atoms with van der Waals surface area (Å²) < 4.78 is 120. The molecule has 2 N–H and O–H groups in total. The van der Waals surface area contributed by atoms with Crippen LogP contribution in [0.15, 0.2) is 152 Å². The van der Waals surface area contributed by atoms with Gasteiger partial charge in [0, 0.05) is 36.6 Å². The number of hydrogen-bond acceptors (Lipinski definition) is 5. The maximum Gasteiger partial charge on any atom is 0.419 e. The van der Waals surface area contributed by atoms with Crippen molar-refractivity contribution < 1.29 is 39.9 Å². The molecule has 16 heteroatoms. The molecule has 6 aromatic carbocycles. The number of hydrogen-bond donors (Lipinski definition) is 2. The molecule has 0 amide bonds. The van der Waals surface area contributed by atoms with Gasteiger partial charge in [0.05, 0.1) is 38.9 Å². The Morgan fingerprint density at radius 2 is 1.02 bits per heavy atom. The SMILES string of the molecule is Fc1cccc(-n2cc(-c3ccc(COc4cc(CNc5nc(-c6ccccc6)cn5-c5cccc(F)c5)ccc4C(F)(F)F)cc3)nc2NCc2ccc(C(F)(F)F)c(Cl)c2)c1. The molecule has 0 aliphatic carbocycles. The Hall–Kier alpha value is -7.13. The number of nitrogens with one attached hydrogen (secondary N) is 2. The lowest BCUT2D eigenvalue weighted by atomic mass is 10.1. The van der Waals surface area contributed by atoms with Gasteiger partial charge in [-0.1, -0.05) is 90.5 Å².